The number of hydrogen-bond donors (Lipinski definition) is 9. The number of aromatic nitrogens is 8. The molecular formula is C87H131N15O22. The number of carbonyl (C=O) groups excluding carboxylic acids is 7. The van der Waals surface area contributed by atoms with Crippen LogP contribution < -0.4 is 33.2 Å². The predicted molar refractivity (Wildman–Crippen MR) is 457 cm³/mol. The van der Waals surface area contributed by atoms with Crippen molar-refractivity contribution in [3.05, 3.63) is 84.0 Å². The number of nitrogen functional groups attached to an aromatic ring is 2. The highest BCUT2D eigenvalue weighted by Crippen LogP contribution is 2.40. The van der Waals surface area contributed by atoms with E-state index in [0.29, 0.717) is 142 Å². The summed E-state index contributed by atoms with van der Waals surface area (Å²) in [5.41, 5.74) is 24.0. The molecule has 7 heterocycles. The smallest absolute Gasteiger partial charge is 0.407 e. The van der Waals surface area contributed by atoms with E-state index in [1.54, 1.807) is 62.7 Å². The van der Waals surface area contributed by atoms with Gasteiger partial charge in [-0.25, -0.2) is 28.9 Å². The molecular weight excluding hydrogens is 1610 g/mol. The molecule has 686 valence electrons. The topological polar surface area (TPSA) is 499 Å². The third-order valence-electron chi connectivity index (χ3n) is 23.3. The van der Waals surface area contributed by atoms with E-state index in [0.717, 1.165) is 17.6 Å². The van der Waals surface area contributed by atoms with E-state index in [2.05, 4.69) is 41.2 Å². The number of oxazole rings is 1. The maximum atomic E-state index is 14.9. The minimum atomic E-state index is -2.49. The van der Waals surface area contributed by atoms with Gasteiger partial charge in [0.15, 0.2) is 17.0 Å². The van der Waals surface area contributed by atoms with Crippen molar-refractivity contribution in [2.45, 2.75) is 231 Å². The number of alkyl carbamates (subject to hydrolysis) is 1. The zero-order valence-electron chi connectivity index (χ0n) is 73.2. The van der Waals surface area contributed by atoms with Gasteiger partial charge in [0, 0.05) is 109 Å². The van der Waals surface area contributed by atoms with Crippen molar-refractivity contribution >= 4 is 75.3 Å². The highest BCUT2D eigenvalue weighted by Gasteiger charge is 2.53. The number of nitrogens with zero attached hydrogens (tertiary/aromatic N) is 9. The minimum Gasteiger partial charge on any atom is -0.459 e. The zero-order valence-corrected chi connectivity index (χ0v) is 73.2. The standard InChI is InChI=1S/C87H131N15O22/c1-10-120-70-50-71(122-84(110)67-20-14-16-32-100(67)83(109)80(108)87(112)59(7)21-24-63(124-87)49-69(113-8)55(3)19-13-11-12-18-54(2)44-57(5)77(105)79(107)78(106)58(6)45-56(70)4)64(88)46-60-22-25-66(72(47-60)114-9)102-51-62(97-99-102)52-121-86(111)93-31-37-118-41-43-119-42-39-116-35-28-74(104)92-30-36-117-40-38-115-34-27-73(103)91-29-15-17-33-101-82-75(81(89)94-53-95-82)76(98-101)61-23-26-68-65(48-61)96-85(90)123-68/h11-13,18-19,23,26,45,48,51,53-54,56-57,59-60,63-64,66-67,69-72,78-79,106-107,112H,10,14-17,20-22,24-25,27-44,46-47,49-50,52,88H2,1-9H3,(H2,90,96)(H,91,103)(H,92,104)(H,93,111)(H2,89,94,95)/b13-11+,18-12+,55-19+,58-45+/t54-,56-,57-,59-,60+,63+,64-,66+,67+,69+,70-,71+,72-,78-,79+,87-/m1/s1. The molecule has 0 radical (unpaired) electrons. The third kappa shape index (κ3) is 29.2. The number of piperidine rings is 1. The van der Waals surface area contributed by atoms with Gasteiger partial charge >= 0.3 is 12.1 Å². The molecule has 1 saturated carbocycles. The minimum absolute atomic E-state index is 0.0416. The summed E-state index contributed by atoms with van der Waals surface area (Å²) >= 11 is 0. The van der Waals surface area contributed by atoms with E-state index in [1.807, 2.05) is 70.2 Å². The van der Waals surface area contributed by atoms with E-state index in [4.69, 9.17) is 78.8 Å². The van der Waals surface area contributed by atoms with E-state index < -0.39 is 102 Å². The number of ketones is 2. The summed E-state index contributed by atoms with van der Waals surface area (Å²) in [5.74, 6) is -7.95. The molecule has 2 saturated heterocycles. The van der Waals surface area contributed by atoms with E-state index >= 15 is 0 Å². The molecule has 16 atom stereocenters. The number of esters is 1. The lowest BCUT2D eigenvalue weighted by Gasteiger charge is -2.43. The van der Waals surface area contributed by atoms with Crippen molar-refractivity contribution < 1.29 is 105 Å². The Balaban J connectivity index is 0.640. The SMILES string of the molecule is CCO[C@@H]1C[C@@H]([C@H](N)C[C@@H]2CC[C@H](n3cc(COC(=O)NCCOCCOCCOCCC(=O)NCCOCCOCCC(=O)NCCCCn4nc(-c5ccc6oc(N)nc6c5)c5c(N)ncnc54)nn3)[C@H](OC)C2)OC(=O)[C@@H]2CCCCN2C(=O)C(=O)[C@]2(O)O[C@@H](CC[C@H]2C)C[C@H](OC)/C(C)=C/C=C/C=C/[C@@H](C)C[C@@H](C)C(=O)[C@H](O)[C@H](O)/C(C)=C/[C@H]1C. The number of aliphatic hydroxyl groups excluding tert-OH is 2. The first-order valence-corrected chi connectivity index (χ1v) is 43.6. The summed E-state index contributed by atoms with van der Waals surface area (Å²) in [6.45, 7) is 16.8. The molecule has 1 aliphatic carbocycles. The maximum absolute atomic E-state index is 14.9. The summed E-state index contributed by atoms with van der Waals surface area (Å²) in [7, 11) is 3.17. The van der Waals surface area contributed by atoms with Crippen LogP contribution in [0.15, 0.2) is 82.7 Å². The second kappa shape index (κ2) is 50.3. The van der Waals surface area contributed by atoms with Crippen LogP contribution in [0.2, 0.25) is 0 Å². The number of aliphatic hydroxyl groups is 3. The Labute approximate surface area is 724 Å². The Morgan fingerprint density at radius 1 is 0.750 bits per heavy atom. The van der Waals surface area contributed by atoms with Crippen LogP contribution in [0, 0.1) is 29.6 Å². The molecule has 12 N–H and O–H groups in total. The molecule has 3 fully saturated rings. The monoisotopic (exact) mass is 1740 g/mol. The van der Waals surface area contributed by atoms with Crippen molar-refractivity contribution in [2.24, 2.45) is 35.3 Å². The quantitative estimate of drug-likeness (QED) is 0.00893. The number of amides is 4. The van der Waals surface area contributed by atoms with Crippen LogP contribution in [-0.4, -0.2) is 275 Å². The number of unbranched alkanes of at least 4 members (excludes halogenated alkanes) is 1. The summed E-state index contributed by atoms with van der Waals surface area (Å²) in [6.07, 6.45) is 13.8. The predicted octanol–water partition coefficient (Wildman–Crippen LogP) is 6.44. The van der Waals surface area contributed by atoms with Gasteiger partial charge in [0.25, 0.3) is 17.7 Å². The molecule has 37 heteroatoms. The zero-order chi connectivity index (χ0) is 89.2. The summed E-state index contributed by atoms with van der Waals surface area (Å²) in [5, 5.41) is 57.5. The second-order valence-electron chi connectivity index (χ2n) is 32.6. The molecule has 0 unspecified atom stereocenters. The van der Waals surface area contributed by atoms with Crippen LogP contribution >= 0.6 is 0 Å². The summed E-state index contributed by atoms with van der Waals surface area (Å²) in [6, 6.07) is 3.25. The van der Waals surface area contributed by atoms with Gasteiger partial charge in [0.1, 0.15) is 60.0 Å². The molecule has 3 aliphatic heterocycles. The number of cyclic esters (lactones) is 1. The van der Waals surface area contributed by atoms with Gasteiger partial charge in [0.2, 0.25) is 17.6 Å². The van der Waals surface area contributed by atoms with Crippen molar-refractivity contribution in [1.82, 2.24) is 60.6 Å². The van der Waals surface area contributed by atoms with E-state index in [-0.39, 0.29) is 153 Å². The number of ether oxygens (including phenoxy) is 11. The first-order chi connectivity index (χ1) is 59.7. The van der Waals surface area contributed by atoms with E-state index in [9.17, 15) is 48.9 Å². The molecule has 4 aromatic heterocycles. The third-order valence-corrected chi connectivity index (χ3v) is 23.3. The van der Waals surface area contributed by atoms with Gasteiger partial charge in [-0.15, -0.1) is 5.10 Å². The van der Waals surface area contributed by atoms with Gasteiger partial charge in [0.05, 0.1) is 108 Å². The lowest BCUT2D eigenvalue weighted by molar-refractivity contribution is -0.265. The van der Waals surface area contributed by atoms with Crippen LogP contribution in [-0.2, 0) is 94.0 Å². The number of rotatable bonds is 37. The van der Waals surface area contributed by atoms with Crippen molar-refractivity contribution in [2.75, 3.05) is 125 Å². The number of nitrogens with two attached hydrogens (primary N) is 3. The molecule has 5 aromatic rings. The molecule has 4 aliphatic rings. The van der Waals surface area contributed by atoms with Crippen molar-refractivity contribution in [3.8, 4) is 11.3 Å². The van der Waals surface area contributed by atoms with Crippen LogP contribution in [0.3, 0.4) is 0 Å². The van der Waals surface area contributed by atoms with Gasteiger partial charge < -0.3 is 110 Å². The molecule has 37 nitrogen and oxygen atoms in total. The summed E-state index contributed by atoms with van der Waals surface area (Å²) < 4.78 is 73.3. The molecule has 124 heavy (non-hydrogen) atoms. The lowest BCUT2D eigenvalue weighted by atomic mass is 9.79. The first kappa shape index (κ1) is 98.7. The largest absolute Gasteiger partial charge is 0.459 e. The number of methoxy groups -OCH3 is 2. The number of hydrogen-bond acceptors (Lipinski definition) is 31. The molecule has 0 spiro atoms. The lowest BCUT2D eigenvalue weighted by Crippen LogP contribution is -2.61. The molecule has 4 amide bonds. The van der Waals surface area contributed by atoms with Gasteiger partial charge in [-0.1, -0.05) is 69.4 Å². The Morgan fingerprint density at radius 2 is 1.45 bits per heavy atom. The number of fused-ring (bicyclic) bond motifs is 5. The van der Waals surface area contributed by atoms with Gasteiger partial charge in [-0.05, 0) is 139 Å². The summed E-state index contributed by atoms with van der Waals surface area (Å²) in [4.78, 5) is 109. The maximum Gasteiger partial charge on any atom is 0.407 e. The molecule has 9 rings (SSSR count). The normalized spacial score (nSPS) is 27.3. The highest BCUT2D eigenvalue weighted by molar-refractivity contribution is 6.39. The fraction of sp³-hybridized carbons (Fsp3) is 0.667. The number of Topliss-reactive ketones (excluding diaryl/α,β-unsaturated/α-hetero) is 2. The average molecular weight is 1740 g/mol. The number of benzene rings is 1. The van der Waals surface area contributed by atoms with Crippen molar-refractivity contribution in [3.63, 3.8) is 0 Å². The Hall–Kier alpha value is -9.09. The number of aryl methyl sites for hydroxylation is 1. The Kier molecular flexibility index (Phi) is 40.0. The fourth-order valence-corrected chi connectivity index (χ4v) is 16.2. The number of carbonyl (C=O) groups is 7. The van der Waals surface area contributed by atoms with Crippen LogP contribution in [0.5, 0.6) is 0 Å². The number of allylic oxidation sites excluding steroid dienone is 5. The first-order valence-electron chi connectivity index (χ1n) is 43.6. The van der Waals surface area contributed by atoms with Crippen molar-refractivity contribution in [1.29, 1.82) is 0 Å². The van der Waals surface area contributed by atoms with E-state index in [1.165, 1.54) is 11.2 Å². The van der Waals surface area contributed by atoms with Gasteiger partial charge in [-0.3, -0.25) is 24.0 Å². The number of nitrogens with one attached hydrogen (secondary N) is 3. The second-order valence-corrected chi connectivity index (χ2v) is 32.6. The van der Waals surface area contributed by atoms with Crippen LogP contribution in [0.25, 0.3) is 33.4 Å². The van der Waals surface area contributed by atoms with Crippen LogP contribution in [0.4, 0.5) is 16.6 Å². The van der Waals surface area contributed by atoms with Crippen LogP contribution in [0.1, 0.15) is 163 Å². The van der Waals surface area contributed by atoms with Gasteiger partial charge in [-0.2, -0.15) is 10.1 Å². The average Bonchev–Trinajstić information content (AvgIpc) is 1.54. The number of anilines is 2. The molecule has 1 aromatic carbocycles. The Bertz CT molecular complexity index is 4360. The highest BCUT2D eigenvalue weighted by atomic mass is 16.6. The Morgan fingerprint density at radius 3 is 2.16 bits per heavy atom. The fourth-order valence-electron chi connectivity index (χ4n) is 16.2. The molecule has 2 bridgehead atoms.